The van der Waals surface area contributed by atoms with Crippen LogP contribution in [-0.4, -0.2) is 5.16 Å². The Balaban J connectivity index is 1.50. The lowest BCUT2D eigenvalue weighted by atomic mass is 10.0. The summed E-state index contributed by atoms with van der Waals surface area (Å²) in [6, 6.07) is 17.2. The first kappa shape index (κ1) is 16.6. The quantitative estimate of drug-likeness (QED) is 0.256. The summed E-state index contributed by atoms with van der Waals surface area (Å²) in [4.78, 5) is 9.50. The Bertz CT molecular complexity index is 932. The molecule has 0 spiro atoms. The normalized spacial score (nSPS) is 13.9. The van der Waals surface area contributed by atoms with Crippen molar-refractivity contribution in [1.29, 1.82) is 0 Å². The number of thiocarbonyl (C=S) groups is 1. The lowest BCUT2D eigenvalue weighted by Gasteiger charge is -2.05. The average Bonchev–Trinajstić information content (AvgIpc) is 3.38. The predicted octanol–water partition coefficient (Wildman–Crippen LogP) is 7.39. The number of aliphatic imine (C=N–C) groups is 1. The van der Waals surface area contributed by atoms with Crippen molar-refractivity contribution in [1.82, 2.24) is 0 Å². The number of thiophene rings is 2. The second kappa shape index (κ2) is 7.59. The van der Waals surface area contributed by atoms with Crippen molar-refractivity contribution >= 4 is 45.7 Å². The number of hydrogen-bond donors (Lipinski definition) is 0. The molecular weight excluding hydrogens is 362 g/mol. The summed E-state index contributed by atoms with van der Waals surface area (Å²) in [6.45, 7) is 0. The maximum atomic E-state index is 4.65. The molecule has 25 heavy (non-hydrogen) atoms. The van der Waals surface area contributed by atoms with Crippen LogP contribution in [0.4, 0.5) is 5.69 Å². The highest BCUT2D eigenvalue weighted by molar-refractivity contribution is 7.78. The van der Waals surface area contributed by atoms with Crippen LogP contribution in [0.3, 0.4) is 0 Å². The van der Waals surface area contributed by atoms with Gasteiger partial charge in [-0.25, -0.2) is 0 Å². The van der Waals surface area contributed by atoms with Crippen molar-refractivity contribution in [3.8, 4) is 20.2 Å². The van der Waals surface area contributed by atoms with Gasteiger partial charge >= 0.3 is 0 Å². The van der Waals surface area contributed by atoms with Gasteiger partial charge in [-0.3, -0.25) is 0 Å². The molecule has 0 unspecified atom stereocenters. The molecule has 0 atom stereocenters. The minimum Gasteiger partial charge on any atom is -0.195 e. The molecule has 0 N–H and O–H groups in total. The van der Waals surface area contributed by atoms with E-state index in [1.807, 2.05) is 34.8 Å². The Kier molecular flexibility index (Phi) is 5.04. The van der Waals surface area contributed by atoms with Crippen molar-refractivity contribution in [2.45, 2.75) is 19.3 Å². The fourth-order valence-electron chi connectivity index (χ4n) is 3.12. The van der Waals surface area contributed by atoms with Crippen LogP contribution in [-0.2, 0) is 6.42 Å². The van der Waals surface area contributed by atoms with Gasteiger partial charge in [0.1, 0.15) is 0 Å². The molecule has 0 aliphatic heterocycles. The largest absolute Gasteiger partial charge is 0.195 e. The number of allylic oxidation sites excluding steroid dienone is 2. The molecule has 1 aromatic carbocycles. The predicted molar refractivity (Wildman–Crippen MR) is 113 cm³/mol. The van der Waals surface area contributed by atoms with Gasteiger partial charge in [-0.05, 0) is 79.4 Å². The van der Waals surface area contributed by atoms with Gasteiger partial charge in [-0.15, -0.1) is 22.7 Å². The van der Waals surface area contributed by atoms with Crippen molar-refractivity contribution in [3.63, 3.8) is 0 Å². The highest BCUT2D eigenvalue weighted by atomic mass is 32.1. The Morgan fingerprint density at radius 1 is 0.880 bits per heavy atom. The summed E-state index contributed by atoms with van der Waals surface area (Å²) < 4.78 is 0. The van der Waals surface area contributed by atoms with E-state index < -0.39 is 0 Å². The lowest BCUT2D eigenvalue weighted by Crippen LogP contribution is -1.96. The standard InChI is InChI=1S/C21H17NS3/c23-14-22-17-7-5-16(6-8-17)19-11-12-21(25-19)20-10-9-18(24-20)13-15-3-1-2-4-15/h1-2,5-12,15H,3-4,13H2. The second-order valence-electron chi connectivity index (χ2n) is 6.19. The van der Waals surface area contributed by atoms with Gasteiger partial charge in [-0.1, -0.05) is 24.3 Å². The molecule has 4 rings (SSSR count). The van der Waals surface area contributed by atoms with Crippen LogP contribution in [0.2, 0.25) is 0 Å². The van der Waals surface area contributed by atoms with Gasteiger partial charge in [-0.2, -0.15) is 4.99 Å². The fourth-order valence-corrected chi connectivity index (χ4v) is 5.45. The zero-order valence-corrected chi connectivity index (χ0v) is 16.1. The van der Waals surface area contributed by atoms with Crippen molar-refractivity contribution in [3.05, 3.63) is 65.6 Å². The molecule has 0 saturated heterocycles. The highest BCUT2D eigenvalue weighted by Gasteiger charge is 2.13. The van der Waals surface area contributed by atoms with Gasteiger partial charge in [0.25, 0.3) is 0 Å². The molecule has 0 saturated carbocycles. The van der Waals surface area contributed by atoms with Gasteiger partial charge in [0.15, 0.2) is 0 Å². The molecule has 124 valence electrons. The van der Waals surface area contributed by atoms with Crippen LogP contribution >= 0.6 is 34.9 Å². The molecule has 4 heteroatoms. The first-order valence-corrected chi connectivity index (χ1v) is 10.4. The molecule has 0 amide bonds. The van der Waals surface area contributed by atoms with E-state index in [0.29, 0.717) is 0 Å². The zero-order chi connectivity index (χ0) is 17.1. The Morgan fingerprint density at radius 3 is 2.32 bits per heavy atom. The third-order valence-electron chi connectivity index (χ3n) is 4.43. The summed E-state index contributed by atoms with van der Waals surface area (Å²) in [5.41, 5.74) is 2.06. The maximum Gasteiger partial charge on any atom is 0.0739 e. The van der Waals surface area contributed by atoms with Crippen LogP contribution in [0.15, 0.2) is 65.7 Å². The summed E-state index contributed by atoms with van der Waals surface area (Å²) in [5, 5.41) is 2.41. The van der Waals surface area contributed by atoms with E-state index >= 15 is 0 Å². The summed E-state index contributed by atoms with van der Waals surface area (Å²) in [5.74, 6) is 0.805. The molecule has 1 aliphatic carbocycles. The first-order chi connectivity index (χ1) is 12.3. The summed E-state index contributed by atoms with van der Waals surface area (Å²) in [6.07, 6.45) is 8.30. The Labute approximate surface area is 161 Å². The Morgan fingerprint density at radius 2 is 1.56 bits per heavy atom. The molecule has 0 fully saturated rings. The van der Waals surface area contributed by atoms with E-state index in [-0.39, 0.29) is 0 Å². The van der Waals surface area contributed by atoms with Gasteiger partial charge in [0.2, 0.25) is 0 Å². The van der Waals surface area contributed by atoms with Crippen molar-refractivity contribution in [2.75, 3.05) is 0 Å². The molecule has 0 bridgehead atoms. The smallest absolute Gasteiger partial charge is 0.0739 e. The van der Waals surface area contributed by atoms with Crippen LogP contribution in [0.25, 0.3) is 20.2 Å². The minimum atomic E-state index is 0.805. The number of rotatable bonds is 5. The monoisotopic (exact) mass is 379 g/mol. The summed E-state index contributed by atoms with van der Waals surface area (Å²) >= 11 is 8.43. The third-order valence-corrected chi connectivity index (χ3v) is 6.96. The average molecular weight is 380 g/mol. The molecule has 3 aromatic rings. The van der Waals surface area contributed by atoms with Crippen LogP contribution in [0, 0.1) is 5.92 Å². The summed E-state index contributed by atoms with van der Waals surface area (Å²) in [7, 11) is 0. The van der Waals surface area contributed by atoms with Gasteiger partial charge in [0.05, 0.1) is 10.8 Å². The van der Waals surface area contributed by atoms with Gasteiger partial charge in [0, 0.05) is 19.5 Å². The fraction of sp³-hybridized carbons (Fsp3) is 0.190. The van der Waals surface area contributed by atoms with Crippen LogP contribution < -0.4 is 0 Å². The maximum absolute atomic E-state index is 4.65. The Hall–Kier alpha value is -1.84. The van der Waals surface area contributed by atoms with Gasteiger partial charge < -0.3 is 0 Å². The SMILES string of the molecule is S=C=Nc1ccc(-c2ccc(-c3ccc(CC4CC=CC4)s3)s2)cc1. The first-order valence-electron chi connectivity index (χ1n) is 8.34. The zero-order valence-electron chi connectivity index (χ0n) is 13.6. The van der Waals surface area contributed by atoms with Crippen LogP contribution in [0.5, 0.6) is 0 Å². The molecule has 0 radical (unpaired) electrons. The number of hydrogen-bond acceptors (Lipinski definition) is 4. The van der Waals surface area contributed by atoms with E-state index in [9.17, 15) is 0 Å². The van der Waals surface area contributed by atoms with Crippen molar-refractivity contribution in [2.24, 2.45) is 10.9 Å². The van der Waals surface area contributed by atoms with E-state index in [1.165, 1.54) is 44.3 Å². The number of benzene rings is 1. The third kappa shape index (κ3) is 3.88. The topological polar surface area (TPSA) is 12.4 Å². The van der Waals surface area contributed by atoms with Crippen molar-refractivity contribution < 1.29 is 0 Å². The van der Waals surface area contributed by atoms with E-state index in [1.54, 1.807) is 0 Å². The lowest BCUT2D eigenvalue weighted by molar-refractivity contribution is 0.572. The number of nitrogens with zero attached hydrogens (tertiary/aromatic N) is 1. The molecule has 2 aromatic heterocycles. The minimum absolute atomic E-state index is 0.805. The second-order valence-corrected chi connectivity index (χ2v) is 8.63. The highest BCUT2D eigenvalue weighted by Crippen LogP contribution is 2.39. The number of isothiocyanates is 1. The van der Waals surface area contributed by atoms with E-state index in [4.69, 9.17) is 0 Å². The van der Waals surface area contributed by atoms with E-state index in [0.717, 1.165) is 11.6 Å². The van der Waals surface area contributed by atoms with Crippen LogP contribution in [0.1, 0.15) is 17.7 Å². The molecular formula is C21H17NS3. The molecule has 2 heterocycles. The van der Waals surface area contributed by atoms with E-state index in [2.05, 4.69) is 70.9 Å². The molecule has 1 aliphatic rings. The molecule has 1 nitrogen and oxygen atoms in total.